The van der Waals surface area contributed by atoms with Crippen molar-refractivity contribution in [1.29, 1.82) is 0 Å². The summed E-state index contributed by atoms with van der Waals surface area (Å²) in [4.78, 5) is 3.88. The van der Waals surface area contributed by atoms with E-state index in [2.05, 4.69) is 4.98 Å². The lowest BCUT2D eigenvalue weighted by atomic mass is 10.1. The summed E-state index contributed by atoms with van der Waals surface area (Å²) in [5, 5.41) is 0. The van der Waals surface area contributed by atoms with Gasteiger partial charge in [-0.1, -0.05) is 29.8 Å². The van der Waals surface area contributed by atoms with Crippen LogP contribution < -0.4 is 5.73 Å². The summed E-state index contributed by atoms with van der Waals surface area (Å²) in [6.07, 6.45) is 1.45. The quantitative estimate of drug-likeness (QED) is 0.772. The number of aromatic nitrogens is 1. The molecule has 0 saturated heterocycles. The molecule has 0 aliphatic rings. The highest BCUT2D eigenvalue weighted by Crippen LogP contribution is 2.22. The van der Waals surface area contributed by atoms with Crippen molar-refractivity contribution in [3.05, 3.63) is 47.9 Å². The predicted octanol–water partition coefficient (Wildman–Crippen LogP) is 2.78. The van der Waals surface area contributed by atoms with Crippen LogP contribution in [0.25, 0.3) is 11.1 Å². The first kappa shape index (κ1) is 9.65. The van der Waals surface area contributed by atoms with Crippen molar-refractivity contribution in [2.75, 3.05) is 5.73 Å². The Morgan fingerprint density at radius 3 is 2.47 bits per heavy atom. The molecule has 1 aromatic carbocycles. The highest BCUT2D eigenvalue weighted by molar-refractivity contribution is 5.64. The Morgan fingerprint density at radius 2 is 1.87 bits per heavy atom. The maximum absolute atomic E-state index is 13.5. The minimum Gasteiger partial charge on any atom is -0.384 e. The third-order valence-corrected chi connectivity index (χ3v) is 2.24. The number of rotatable bonds is 1. The summed E-state index contributed by atoms with van der Waals surface area (Å²) in [6.45, 7) is 1.99. The second kappa shape index (κ2) is 3.69. The normalized spacial score (nSPS) is 10.3. The number of pyridine rings is 1. The van der Waals surface area contributed by atoms with Gasteiger partial charge in [-0.3, -0.25) is 0 Å². The van der Waals surface area contributed by atoms with Gasteiger partial charge < -0.3 is 5.73 Å². The van der Waals surface area contributed by atoms with E-state index in [1.54, 1.807) is 0 Å². The summed E-state index contributed by atoms with van der Waals surface area (Å²) in [5.74, 6) is -0.144. The summed E-state index contributed by atoms with van der Waals surface area (Å²) in [5.41, 5.74) is 7.81. The van der Waals surface area contributed by atoms with Crippen molar-refractivity contribution in [3.63, 3.8) is 0 Å². The molecule has 0 unspecified atom stereocenters. The van der Waals surface area contributed by atoms with E-state index in [1.165, 1.54) is 12.3 Å². The number of nitrogens with zero attached hydrogens (tertiary/aromatic N) is 1. The molecule has 0 bridgehead atoms. The number of aryl methyl sites for hydroxylation is 1. The molecule has 2 N–H and O–H groups in total. The molecule has 76 valence electrons. The second-order valence-electron chi connectivity index (χ2n) is 3.46. The van der Waals surface area contributed by atoms with Gasteiger partial charge in [0.1, 0.15) is 11.6 Å². The Balaban J connectivity index is 2.49. The van der Waals surface area contributed by atoms with Crippen LogP contribution in [0.2, 0.25) is 0 Å². The summed E-state index contributed by atoms with van der Waals surface area (Å²) >= 11 is 0. The Bertz CT molecular complexity index is 477. The third kappa shape index (κ3) is 1.96. The molecule has 0 fully saturated rings. The van der Waals surface area contributed by atoms with Crippen LogP contribution in [0.15, 0.2) is 36.5 Å². The number of hydrogen-bond acceptors (Lipinski definition) is 2. The first-order valence-corrected chi connectivity index (χ1v) is 4.65. The van der Waals surface area contributed by atoms with E-state index in [1.807, 2.05) is 31.2 Å². The summed E-state index contributed by atoms with van der Waals surface area (Å²) in [6, 6.07) is 8.84. The van der Waals surface area contributed by atoms with Gasteiger partial charge in [0.2, 0.25) is 0 Å². The SMILES string of the molecule is Cc1ccc(-c2cnc(N)cc2F)cc1. The van der Waals surface area contributed by atoms with Crippen LogP contribution in [0.1, 0.15) is 5.56 Å². The number of nitrogen functional groups attached to an aromatic ring is 1. The molecule has 0 atom stereocenters. The molecule has 15 heavy (non-hydrogen) atoms. The molecule has 2 aromatic rings. The fourth-order valence-electron chi connectivity index (χ4n) is 1.39. The van der Waals surface area contributed by atoms with E-state index in [-0.39, 0.29) is 11.6 Å². The Kier molecular flexibility index (Phi) is 2.37. The molecule has 2 nitrogen and oxygen atoms in total. The van der Waals surface area contributed by atoms with Crippen LogP contribution in [0.4, 0.5) is 10.2 Å². The molecule has 0 amide bonds. The highest BCUT2D eigenvalue weighted by Gasteiger charge is 2.05. The van der Waals surface area contributed by atoms with Gasteiger partial charge in [0.25, 0.3) is 0 Å². The van der Waals surface area contributed by atoms with Crippen molar-refractivity contribution in [1.82, 2.24) is 4.98 Å². The number of halogens is 1. The van der Waals surface area contributed by atoms with Crippen LogP contribution in [0, 0.1) is 12.7 Å². The zero-order valence-electron chi connectivity index (χ0n) is 8.37. The second-order valence-corrected chi connectivity index (χ2v) is 3.46. The first-order valence-electron chi connectivity index (χ1n) is 4.65. The van der Waals surface area contributed by atoms with Crippen molar-refractivity contribution in [2.24, 2.45) is 0 Å². The van der Waals surface area contributed by atoms with Crippen LogP contribution in [-0.4, -0.2) is 4.98 Å². The highest BCUT2D eigenvalue weighted by atomic mass is 19.1. The van der Waals surface area contributed by atoms with Crippen molar-refractivity contribution >= 4 is 5.82 Å². The van der Waals surface area contributed by atoms with Gasteiger partial charge in [0.15, 0.2) is 0 Å². The number of anilines is 1. The monoisotopic (exact) mass is 202 g/mol. The maximum Gasteiger partial charge on any atom is 0.136 e. The Hall–Kier alpha value is -1.90. The minimum atomic E-state index is -0.341. The fraction of sp³-hybridized carbons (Fsp3) is 0.0833. The Labute approximate surface area is 87.6 Å². The van der Waals surface area contributed by atoms with Crippen LogP contribution in [0.5, 0.6) is 0 Å². The van der Waals surface area contributed by atoms with Gasteiger partial charge in [0.05, 0.1) is 0 Å². The van der Waals surface area contributed by atoms with E-state index in [0.29, 0.717) is 5.56 Å². The van der Waals surface area contributed by atoms with E-state index in [0.717, 1.165) is 11.1 Å². The lowest BCUT2D eigenvalue weighted by Crippen LogP contribution is -1.93. The molecule has 2 rings (SSSR count). The zero-order chi connectivity index (χ0) is 10.8. The molecule has 1 heterocycles. The van der Waals surface area contributed by atoms with Gasteiger partial charge in [-0.2, -0.15) is 0 Å². The fourth-order valence-corrected chi connectivity index (χ4v) is 1.39. The molecule has 1 aromatic heterocycles. The molecule has 0 aliphatic heterocycles. The third-order valence-electron chi connectivity index (χ3n) is 2.24. The van der Waals surface area contributed by atoms with E-state index >= 15 is 0 Å². The summed E-state index contributed by atoms with van der Waals surface area (Å²) < 4.78 is 13.5. The summed E-state index contributed by atoms with van der Waals surface area (Å²) in [7, 11) is 0. The number of benzene rings is 1. The van der Waals surface area contributed by atoms with Gasteiger partial charge >= 0.3 is 0 Å². The average molecular weight is 202 g/mol. The van der Waals surface area contributed by atoms with Crippen LogP contribution >= 0.6 is 0 Å². The van der Waals surface area contributed by atoms with Gasteiger partial charge in [-0.15, -0.1) is 0 Å². The van der Waals surface area contributed by atoms with Gasteiger partial charge in [-0.25, -0.2) is 9.37 Å². The number of hydrogen-bond donors (Lipinski definition) is 1. The lowest BCUT2D eigenvalue weighted by Gasteiger charge is -2.03. The smallest absolute Gasteiger partial charge is 0.136 e. The number of nitrogens with two attached hydrogens (primary N) is 1. The van der Waals surface area contributed by atoms with E-state index in [9.17, 15) is 4.39 Å². The lowest BCUT2D eigenvalue weighted by molar-refractivity contribution is 0.630. The first-order chi connectivity index (χ1) is 7.16. The molecule has 0 spiro atoms. The zero-order valence-corrected chi connectivity index (χ0v) is 8.37. The van der Waals surface area contributed by atoms with E-state index in [4.69, 9.17) is 5.73 Å². The van der Waals surface area contributed by atoms with Crippen LogP contribution in [-0.2, 0) is 0 Å². The largest absolute Gasteiger partial charge is 0.384 e. The van der Waals surface area contributed by atoms with Crippen molar-refractivity contribution in [2.45, 2.75) is 6.92 Å². The van der Waals surface area contributed by atoms with Crippen molar-refractivity contribution < 1.29 is 4.39 Å². The molecular weight excluding hydrogens is 191 g/mol. The standard InChI is InChI=1S/C12H11FN2/c1-8-2-4-9(5-3-8)10-7-15-12(14)6-11(10)13/h2-7H,1H3,(H2,14,15). The van der Waals surface area contributed by atoms with Crippen molar-refractivity contribution in [3.8, 4) is 11.1 Å². The average Bonchev–Trinajstić information content (AvgIpc) is 2.20. The molecule has 0 aliphatic carbocycles. The molecule has 0 radical (unpaired) electrons. The molecule has 0 saturated carbocycles. The van der Waals surface area contributed by atoms with E-state index < -0.39 is 0 Å². The molecule has 3 heteroatoms. The Morgan fingerprint density at radius 1 is 1.20 bits per heavy atom. The topological polar surface area (TPSA) is 38.9 Å². The van der Waals surface area contributed by atoms with Gasteiger partial charge in [-0.05, 0) is 12.5 Å². The minimum absolute atomic E-state index is 0.198. The maximum atomic E-state index is 13.5. The molecular formula is C12H11FN2. The van der Waals surface area contributed by atoms with Gasteiger partial charge in [0, 0.05) is 17.8 Å². The van der Waals surface area contributed by atoms with Crippen LogP contribution in [0.3, 0.4) is 0 Å². The predicted molar refractivity (Wildman–Crippen MR) is 58.8 cm³/mol.